The van der Waals surface area contributed by atoms with E-state index in [1.165, 1.54) is 11.1 Å². The van der Waals surface area contributed by atoms with Gasteiger partial charge in [-0.3, -0.25) is 0 Å². The predicted molar refractivity (Wildman–Crippen MR) is 66.8 cm³/mol. The van der Waals surface area contributed by atoms with E-state index in [2.05, 4.69) is 12.2 Å². The molecule has 1 heterocycles. The lowest BCUT2D eigenvalue weighted by Gasteiger charge is -2.05. The molecule has 92 valence electrons. The molecule has 0 radical (unpaired) electrons. The Balaban J connectivity index is 1.91. The molecule has 1 aromatic rings. The van der Waals surface area contributed by atoms with Crippen LogP contribution in [0.4, 0.5) is 0 Å². The van der Waals surface area contributed by atoms with Gasteiger partial charge in [0.1, 0.15) is 0 Å². The minimum absolute atomic E-state index is 0.198. The number of fused-ring (bicyclic) bond motifs is 1. The fourth-order valence-corrected chi connectivity index (χ4v) is 2.02. The third-order valence-corrected chi connectivity index (χ3v) is 3.05. The van der Waals surface area contributed by atoms with Gasteiger partial charge in [0.15, 0.2) is 0 Å². The van der Waals surface area contributed by atoms with Gasteiger partial charge in [0.2, 0.25) is 0 Å². The van der Waals surface area contributed by atoms with Gasteiger partial charge in [-0.1, -0.05) is 25.8 Å². The van der Waals surface area contributed by atoms with Crippen molar-refractivity contribution in [2.24, 2.45) is 0 Å². The maximum absolute atomic E-state index is 11.8. The summed E-state index contributed by atoms with van der Waals surface area (Å²) in [5.41, 5.74) is 3.17. The number of hydrogen-bond acceptors (Lipinski definition) is 3. The first-order valence-electron chi connectivity index (χ1n) is 6.31. The van der Waals surface area contributed by atoms with Crippen molar-refractivity contribution in [1.82, 2.24) is 5.32 Å². The van der Waals surface area contributed by atoms with Crippen molar-refractivity contribution in [3.8, 4) is 0 Å². The number of benzene rings is 1. The zero-order chi connectivity index (χ0) is 12.1. The SMILES string of the molecule is CCCCCOC(=O)c1ccc2c(c1)CNC2. The van der Waals surface area contributed by atoms with Crippen molar-refractivity contribution >= 4 is 5.97 Å². The zero-order valence-electron chi connectivity index (χ0n) is 10.3. The minimum Gasteiger partial charge on any atom is -0.462 e. The lowest BCUT2D eigenvalue weighted by Crippen LogP contribution is -2.07. The summed E-state index contributed by atoms with van der Waals surface area (Å²) < 4.78 is 5.23. The summed E-state index contributed by atoms with van der Waals surface area (Å²) in [6.45, 7) is 4.42. The standard InChI is InChI=1S/C14H19NO2/c1-2-3-4-7-17-14(16)11-5-6-12-9-15-10-13(12)8-11/h5-6,8,15H,2-4,7,9-10H2,1H3. The van der Waals surface area contributed by atoms with Gasteiger partial charge >= 0.3 is 5.97 Å². The summed E-state index contributed by atoms with van der Waals surface area (Å²) in [5, 5.41) is 3.26. The second-order valence-corrected chi connectivity index (χ2v) is 4.43. The number of esters is 1. The Labute approximate surface area is 102 Å². The first-order chi connectivity index (χ1) is 8.31. The average molecular weight is 233 g/mol. The van der Waals surface area contributed by atoms with Crippen LogP contribution in [0.3, 0.4) is 0 Å². The average Bonchev–Trinajstić information content (AvgIpc) is 2.81. The van der Waals surface area contributed by atoms with E-state index >= 15 is 0 Å². The molecule has 0 aromatic heterocycles. The van der Waals surface area contributed by atoms with Gasteiger partial charge in [-0.05, 0) is 29.7 Å². The number of hydrogen-bond donors (Lipinski definition) is 1. The molecule has 1 aliphatic rings. The molecule has 0 amide bonds. The smallest absolute Gasteiger partial charge is 0.338 e. The molecular formula is C14H19NO2. The molecule has 1 aromatic carbocycles. The number of unbranched alkanes of at least 4 members (excludes halogenated alkanes) is 2. The lowest BCUT2D eigenvalue weighted by molar-refractivity contribution is 0.0498. The molecule has 3 heteroatoms. The van der Waals surface area contributed by atoms with Crippen LogP contribution in [0.25, 0.3) is 0 Å². The minimum atomic E-state index is -0.198. The molecule has 0 fully saturated rings. The molecule has 0 spiro atoms. The fourth-order valence-electron chi connectivity index (χ4n) is 2.02. The molecule has 17 heavy (non-hydrogen) atoms. The zero-order valence-corrected chi connectivity index (χ0v) is 10.3. The highest BCUT2D eigenvalue weighted by atomic mass is 16.5. The van der Waals surface area contributed by atoms with Crippen molar-refractivity contribution in [2.45, 2.75) is 39.3 Å². The van der Waals surface area contributed by atoms with Gasteiger partial charge in [-0.15, -0.1) is 0 Å². The molecule has 0 bridgehead atoms. The van der Waals surface area contributed by atoms with Gasteiger partial charge < -0.3 is 10.1 Å². The van der Waals surface area contributed by atoms with Crippen LogP contribution in [0.15, 0.2) is 18.2 Å². The van der Waals surface area contributed by atoms with Crippen LogP contribution < -0.4 is 5.32 Å². The van der Waals surface area contributed by atoms with Crippen LogP contribution >= 0.6 is 0 Å². The lowest BCUT2D eigenvalue weighted by atomic mass is 10.1. The van der Waals surface area contributed by atoms with Crippen LogP contribution in [0.2, 0.25) is 0 Å². The van der Waals surface area contributed by atoms with E-state index < -0.39 is 0 Å². The molecule has 1 N–H and O–H groups in total. The van der Waals surface area contributed by atoms with Gasteiger partial charge in [0.05, 0.1) is 12.2 Å². The molecule has 0 aliphatic carbocycles. The number of carbonyl (C=O) groups excluding carboxylic acids is 1. The molecular weight excluding hydrogens is 214 g/mol. The number of rotatable bonds is 5. The van der Waals surface area contributed by atoms with E-state index in [-0.39, 0.29) is 5.97 Å². The van der Waals surface area contributed by atoms with Gasteiger partial charge in [0, 0.05) is 13.1 Å². The Morgan fingerprint density at radius 3 is 2.94 bits per heavy atom. The van der Waals surface area contributed by atoms with Gasteiger partial charge in [-0.25, -0.2) is 4.79 Å². The van der Waals surface area contributed by atoms with Crippen molar-refractivity contribution in [3.05, 3.63) is 34.9 Å². The molecule has 3 nitrogen and oxygen atoms in total. The van der Waals surface area contributed by atoms with Crippen molar-refractivity contribution in [1.29, 1.82) is 0 Å². The number of nitrogens with one attached hydrogen (secondary N) is 1. The van der Waals surface area contributed by atoms with E-state index in [0.29, 0.717) is 12.2 Å². The van der Waals surface area contributed by atoms with E-state index in [9.17, 15) is 4.79 Å². The third-order valence-electron chi connectivity index (χ3n) is 3.05. The third kappa shape index (κ3) is 3.07. The van der Waals surface area contributed by atoms with E-state index in [4.69, 9.17) is 4.74 Å². The molecule has 2 rings (SSSR count). The second kappa shape index (κ2) is 5.82. The largest absolute Gasteiger partial charge is 0.462 e. The first kappa shape index (κ1) is 12.1. The van der Waals surface area contributed by atoms with Crippen LogP contribution in [0.1, 0.15) is 47.7 Å². The highest BCUT2D eigenvalue weighted by Crippen LogP contribution is 2.17. The Bertz CT molecular complexity index is 401. The summed E-state index contributed by atoms with van der Waals surface area (Å²) in [4.78, 5) is 11.8. The van der Waals surface area contributed by atoms with Crippen molar-refractivity contribution in [2.75, 3.05) is 6.61 Å². The first-order valence-corrected chi connectivity index (χ1v) is 6.31. The van der Waals surface area contributed by atoms with E-state index in [0.717, 1.165) is 32.4 Å². The van der Waals surface area contributed by atoms with Crippen LogP contribution in [-0.4, -0.2) is 12.6 Å². The van der Waals surface area contributed by atoms with Crippen molar-refractivity contribution in [3.63, 3.8) is 0 Å². The topological polar surface area (TPSA) is 38.3 Å². The Morgan fingerprint density at radius 2 is 2.12 bits per heavy atom. The predicted octanol–water partition coefficient (Wildman–Crippen LogP) is 2.64. The quantitative estimate of drug-likeness (QED) is 0.627. The molecule has 0 saturated carbocycles. The highest BCUT2D eigenvalue weighted by molar-refractivity contribution is 5.89. The number of ether oxygens (including phenoxy) is 1. The summed E-state index contributed by atoms with van der Waals surface area (Å²) in [7, 11) is 0. The number of carbonyl (C=O) groups is 1. The maximum atomic E-state index is 11.8. The van der Waals surface area contributed by atoms with Gasteiger partial charge in [-0.2, -0.15) is 0 Å². The Hall–Kier alpha value is -1.35. The molecule has 0 saturated heterocycles. The highest BCUT2D eigenvalue weighted by Gasteiger charge is 2.13. The monoisotopic (exact) mass is 233 g/mol. The molecule has 0 atom stereocenters. The summed E-state index contributed by atoms with van der Waals surface area (Å²) in [6.07, 6.45) is 3.21. The second-order valence-electron chi connectivity index (χ2n) is 4.43. The summed E-state index contributed by atoms with van der Waals surface area (Å²) in [6, 6.07) is 5.81. The van der Waals surface area contributed by atoms with Crippen LogP contribution in [0.5, 0.6) is 0 Å². The van der Waals surface area contributed by atoms with Crippen molar-refractivity contribution < 1.29 is 9.53 Å². The maximum Gasteiger partial charge on any atom is 0.338 e. The molecule has 0 unspecified atom stereocenters. The van der Waals surface area contributed by atoms with E-state index in [1.807, 2.05) is 18.2 Å². The normalized spacial score (nSPS) is 13.5. The van der Waals surface area contributed by atoms with Crippen LogP contribution in [-0.2, 0) is 17.8 Å². The Kier molecular flexibility index (Phi) is 4.15. The Morgan fingerprint density at radius 1 is 1.29 bits per heavy atom. The summed E-state index contributed by atoms with van der Waals surface area (Å²) in [5.74, 6) is -0.198. The van der Waals surface area contributed by atoms with E-state index in [1.54, 1.807) is 0 Å². The molecule has 1 aliphatic heterocycles. The summed E-state index contributed by atoms with van der Waals surface area (Å²) >= 11 is 0. The van der Waals surface area contributed by atoms with Gasteiger partial charge in [0.25, 0.3) is 0 Å². The van der Waals surface area contributed by atoms with Crippen LogP contribution in [0, 0.1) is 0 Å². The fraction of sp³-hybridized carbons (Fsp3) is 0.500.